The molecule has 0 saturated carbocycles. The third-order valence-corrected chi connectivity index (χ3v) is 2.01. The molecule has 0 bridgehead atoms. The molecule has 0 spiro atoms. The summed E-state index contributed by atoms with van der Waals surface area (Å²) in [4.78, 5) is 0. The predicted molar refractivity (Wildman–Crippen MR) is 53.5 cm³/mol. The molecule has 0 aliphatic carbocycles. The summed E-state index contributed by atoms with van der Waals surface area (Å²) >= 11 is 5.52. The van der Waals surface area contributed by atoms with E-state index in [0.717, 1.165) is 18.9 Å². The highest BCUT2D eigenvalue weighted by Crippen LogP contribution is 2.29. The van der Waals surface area contributed by atoms with E-state index < -0.39 is 5.82 Å². The first kappa shape index (κ1) is 11.1. The summed E-state index contributed by atoms with van der Waals surface area (Å²) in [6, 6.07) is 2.36. The van der Waals surface area contributed by atoms with Crippen molar-refractivity contribution in [3.05, 3.63) is 23.0 Å². The predicted octanol–water partition coefficient (Wildman–Crippen LogP) is 3.36. The molecule has 0 atom stereocenters. The summed E-state index contributed by atoms with van der Waals surface area (Å²) < 4.78 is 18.4. The molecule has 1 rings (SSSR count). The maximum atomic E-state index is 13.2. The molecule has 0 heterocycles. The Bertz CT molecular complexity index is 315. The molecule has 14 heavy (non-hydrogen) atoms. The Kier molecular flexibility index (Phi) is 4.01. The SMILES string of the molecule is CCCCOc1cc(O)cc(Cl)c1F. The Hall–Kier alpha value is -0.960. The topological polar surface area (TPSA) is 29.5 Å². The van der Waals surface area contributed by atoms with Gasteiger partial charge < -0.3 is 9.84 Å². The molecule has 0 radical (unpaired) electrons. The number of phenols is 1. The second-order valence-electron chi connectivity index (χ2n) is 2.94. The molecular weight excluding hydrogens is 207 g/mol. The summed E-state index contributed by atoms with van der Waals surface area (Å²) in [5.41, 5.74) is 0. The van der Waals surface area contributed by atoms with E-state index >= 15 is 0 Å². The Balaban J connectivity index is 2.75. The van der Waals surface area contributed by atoms with Crippen LogP contribution in [-0.2, 0) is 0 Å². The van der Waals surface area contributed by atoms with Crippen molar-refractivity contribution in [2.75, 3.05) is 6.61 Å². The lowest BCUT2D eigenvalue weighted by molar-refractivity contribution is 0.292. The van der Waals surface area contributed by atoms with Crippen LogP contribution in [0.1, 0.15) is 19.8 Å². The molecule has 0 unspecified atom stereocenters. The van der Waals surface area contributed by atoms with Gasteiger partial charge in [0.05, 0.1) is 11.6 Å². The van der Waals surface area contributed by atoms with Crippen molar-refractivity contribution in [2.45, 2.75) is 19.8 Å². The van der Waals surface area contributed by atoms with Crippen LogP contribution in [0.25, 0.3) is 0 Å². The standard InChI is InChI=1S/C10H12ClFO2/c1-2-3-4-14-9-6-7(13)5-8(11)10(9)12/h5-6,13H,2-4H2,1H3. The van der Waals surface area contributed by atoms with E-state index in [9.17, 15) is 4.39 Å². The minimum absolute atomic E-state index is 0.00319. The number of unbranched alkanes of at least 4 members (excludes halogenated alkanes) is 1. The van der Waals surface area contributed by atoms with Gasteiger partial charge in [-0.2, -0.15) is 0 Å². The average molecular weight is 219 g/mol. The van der Waals surface area contributed by atoms with Gasteiger partial charge in [-0.15, -0.1) is 0 Å². The molecule has 0 saturated heterocycles. The van der Waals surface area contributed by atoms with Crippen molar-refractivity contribution >= 4 is 11.6 Å². The van der Waals surface area contributed by atoms with Crippen LogP contribution in [0.2, 0.25) is 5.02 Å². The molecule has 0 fully saturated rings. The zero-order valence-electron chi connectivity index (χ0n) is 7.89. The van der Waals surface area contributed by atoms with Gasteiger partial charge in [0.1, 0.15) is 5.75 Å². The Labute approximate surface area is 87.3 Å². The molecule has 1 N–H and O–H groups in total. The van der Waals surface area contributed by atoms with Crippen LogP contribution in [0.5, 0.6) is 11.5 Å². The number of benzene rings is 1. The van der Waals surface area contributed by atoms with Crippen molar-refractivity contribution in [2.24, 2.45) is 0 Å². The lowest BCUT2D eigenvalue weighted by Gasteiger charge is -2.07. The fourth-order valence-corrected chi connectivity index (χ4v) is 1.19. The second-order valence-corrected chi connectivity index (χ2v) is 3.35. The number of rotatable bonds is 4. The number of hydrogen-bond donors (Lipinski definition) is 1. The van der Waals surface area contributed by atoms with Crippen LogP contribution in [-0.4, -0.2) is 11.7 Å². The van der Waals surface area contributed by atoms with Gasteiger partial charge in [-0.25, -0.2) is 4.39 Å². The van der Waals surface area contributed by atoms with Gasteiger partial charge in [-0.1, -0.05) is 24.9 Å². The lowest BCUT2D eigenvalue weighted by atomic mass is 10.3. The summed E-state index contributed by atoms with van der Waals surface area (Å²) in [5, 5.41) is 9.02. The van der Waals surface area contributed by atoms with E-state index in [0.29, 0.717) is 6.61 Å². The van der Waals surface area contributed by atoms with Gasteiger partial charge in [0.2, 0.25) is 0 Å². The van der Waals surface area contributed by atoms with Crippen LogP contribution in [0, 0.1) is 5.82 Å². The minimum Gasteiger partial charge on any atom is -0.508 e. The summed E-state index contributed by atoms with van der Waals surface area (Å²) in [6.07, 6.45) is 1.81. The average Bonchev–Trinajstić information content (AvgIpc) is 2.13. The van der Waals surface area contributed by atoms with Crippen LogP contribution in [0.15, 0.2) is 12.1 Å². The maximum Gasteiger partial charge on any atom is 0.183 e. The van der Waals surface area contributed by atoms with Gasteiger partial charge in [-0.3, -0.25) is 0 Å². The molecule has 4 heteroatoms. The molecule has 78 valence electrons. The molecule has 0 amide bonds. The molecule has 0 aromatic heterocycles. The summed E-state index contributed by atoms with van der Waals surface area (Å²) in [6.45, 7) is 2.43. The van der Waals surface area contributed by atoms with E-state index in [2.05, 4.69) is 0 Å². The van der Waals surface area contributed by atoms with Gasteiger partial charge in [0.15, 0.2) is 11.6 Å². The van der Waals surface area contributed by atoms with E-state index in [4.69, 9.17) is 21.4 Å². The molecule has 0 aliphatic rings. The molecule has 2 nitrogen and oxygen atoms in total. The molecule has 1 aromatic carbocycles. The third-order valence-electron chi connectivity index (χ3n) is 1.74. The highest BCUT2D eigenvalue weighted by atomic mass is 35.5. The largest absolute Gasteiger partial charge is 0.508 e. The number of hydrogen-bond acceptors (Lipinski definition) is 2. The maximum absolute atomic E-state index is 13.2. The van der Waals surface area contributed by atoms with Crippen molar-refractivity contribution in [3.8, 4) is 11.5 Å². The van der Waals surface area contributed by atoms with Gasteiger partial charge >= 0.3 is 0 Å². The van der Waals surface area contributed by atoms with E-state index in [1.54, 1.807) is 0 Å². The first-order valence-electron chi connectivity index (χ1n) is 4.46. The highest BCUT2D eigenvalue weighted by Gasteiger charge is 2.09. The zero-order valence-corrected chi connectivity index (χ0v) is 8.64. The fourth-order valence-electron chi connectivity index (χ4n) is 0.982. The molecular formula is C10H12ClFO2. The Morgan fingerprint density at radius 2 is 2.21 bits per heavy atom. The normalized spacial score (nSPS) is 10.2. The fraction of sp³-hybridized carbons (Fsp3) is 0.400. The van der Waals surface area contributed by atoms with Gasteiger partial charge in [0, 0.05) is 12.1 Å². The number of halogens is 2. The van der Waals surface area contributed by atoms with Crippen LogP contribution < -0.4 is 4.74 Å². The van der Waals surface area contributed by atoms with Gasteiger partial charge in [-0.05, 0) is 6.42 Å². The summed E-state index contributed by atoms with van der Waals surface area (Å²) in [7, 11) is 0. The monoisotopic (exact) mass is 218 g/mol. The first-order valence-corrected chi connectivity index (χ1v) is 4.83. The van der Waals surface area contributed by atoms with Crippen molar-refractivity contribution in [3.63, 3.8) is 0 Å². The van der Waals surface area contributed by atoms with Crippen LogP contribution >= 0.6 is 11.6 Å². The Morgan fingerprint density at radius 1 is 1.50 bits per heavy atom. The summed E-state index contributed by atoms with van der Waals surface area (Å²) in [5.74, 6) is -0.716. The van der Waals surface area contributed by atoms with E-state index in [-0.39, 0.29) is 16.5 Å². The number of phenolic OH excluding ortho intramolecular Hbond substituents is 1. The molecule has 1 aromatic rings. The zero-order chi connectivity index (χ0) is 10.6. The third kappa shape index (κ3) is 2.77. The van der Waals surface area contributed by atoms with Crippen LogP contribution in [0.4, 0.5) is 4.39 Å². The highest BCUT2D eigenvalue weighted by molar-refractivity contribution is 6.31. The quantitative estimate of drug-likeness (QED) is 0.786. The van der Waals surface area contributed by atoms with Crippen molar-refractivity contribution in [1.82, 2.24) is 0 Å². The smallest absolute Gasteiger partial charge is 0.183 e. The van der Waals surface area contributed by atoms with Crippen LogP contribution in [0.3, 0.4) is 0 Å². The number of ether oxygens (including phenoxy) is 1. The van der Waals surface area contributed by atoms with Crippen molar-refractivity contribution in [1.29, 1.82) is 0 Å². The lowest BCUT2D eigenvalue weighted by Crippen LogP contribution is -1.98. The van der Waals surface area contributed by atoms with Gasteiger partial charge in [0.25, 0.3) is 0 Å². The Morgan fingerprint density at radius 3 is 2.86 bits per heavy atom. The first-order chi connectivity index (χ1) is 6.65. The van der Waals surface area contributed by atoms with Crippen molar-refractivity contribution < 1.29 is 14.2 Å². The van der Waals surface area contributed by atoms with E-state index in [1.165, 1.54) is 6.07 Å². The minimum atomic E-state index is -0.624. The van der Waals surface area contributed by atoms with E-state index in [1.807, 2.05) is 6.92 Å². The number of aromatic hydroxyl groups is 1. The second kappa shape index (κ2) is 5.05. The molecule has 0 aliphatic heterocycles.